The molecule has 0 heterocycles. The fourth-order valence-electron chi connectivity index (χ4n) is 1.73. The van der Waals surface area contributed by atoms with Gasteiger partial charge in [0.15, 0.2) is 0 Å². The number of Topliss-reactive ketones (excluding diaryl/α,β-unsaturated/α-hetero) is 1. The minimum atomic E-state index is -1.33. The summed E-state index contributed by atoms with van der Waals surface area (Å²) in [4.78, 5) is 34.0. The second-order valence-electron chi connectivity index (χ2n) is 4.46. The largest absolute Gasteiger partial charge is 0.469 e. The zero-order chi connectivity index (χ0) is 16.7. The normalized spacial score (nSPS) is 13.1. The molecular formula is C15H18O7. The summed E-state index contributed by atoms with van der Waals surface area (Å²) in [5.41, 5.74) is 0.411. The Balaban J connectivity index is 2.77. The van der Waals surface area contributed by atoms with E-state index in [1.54, 1.807) is 6.92 Å². The van der Waals surface area contributed by atoms with Crippen molar-refractivity contribution in [3.63, 3.8) is 0 Å². The number of rotatable bonds is 7. The summed E-state index contributed by atoms with van der Waals surface area (Å²) in [6, 6.07) is 5.45. The molecule has 0 aliphatic carbocycles. The summed E-state index contributed by atoms with van der Waals surface area (Å²) in [5.74, 6) is -2.40. The van der Waals surface area contributed by atoms with Crippen molar-refractivity contribution in [3.8, 4) is 0 Å². The van der Waals surface area contributed by atoms with Crippen LogP contribution in [0.4, 0.5) is 0 Å². The summed E-state index contributed by atoms with van der Waals surface area (Å²) in [6.45, 7) is 1.69. The zero-order valence-electron chi connectivity index (χ0n) is 12.3. The number of aliphatic hydroxyl groups is 2. The molecule has 0 saturated heterocycles. The number of aliphatic hydroxyl groups excluding tert-OH is 2. The van der Waals surface area contributed by atoms with Gasteiger partial charge in [0.2, 0.25) is 0 Å². The van der Waals surface area contributed by atoms with E-state index in [0.717, 1.165) is 0 Å². The third-order valence-corrected chi connectivity index (χ3v) is 2.94. The van der Waals surface area contributed by atoms with Gasteiger partial charge in [-0.15, -0.1) is 0 Å². The van der Waals surface area contributed by atoms with Crippen LogP contribution in [0.5, 0.6) is 0 Å². The van der Waals surface area contributed by atoms with Crippen molar-refractivity contribution in [1.82, 2.24) is 0 Å². The Morgan fingerprint density at radius 2 is 1.73 bits per heavy atom. The first-order chi connectivity index (χ1) is 10.4. The van der Waals surface area contributed by atoms with Crippen LogP contribution in [0.15, 0.2) is 24.3 Å². The Bertz CT molecular complexity index is 535. The summed E-state index contributed by atoms with van der Waals surface area (Å²) in [5, 5.41) is 19.6. The van der Waals surface area contributed by atoms with Crippen LogP contribution in [-0.4, -0.2) is 47.8 Å². The third-order valence-electron chi connectivity index (χ3n) is 2.94. The molecule has 0 aliphatic heterocycles. The predicted octanol–water partition coefficient (Wildman–Crippen LogP) is 0.390. The van der Waals surface area contributed by atoms with Gasteiger partial charge >= 0.3 is 11.9 Å². The molecule has 2 unspecified atom stereocenters. The molecule has 0 saturated carbocycles. The van der Waals surface area contributed by atoms with Crippen LogP contribution in [-0.2, 0) is 19.1 Å². The Hall–Kier alpha value is -2.25. The number of esters is 2. The number of methoxy groups -OCH3 is 1. The van der Waals surface area contributed by atoms with Crippen molar-refractivity contribution in [2.45, 2.75) is 25.6 Å². The average molecular weight is 310 g/mol. The van der Waals surface area contributed by atoms with Crippen molar-refractivity contribution in [2.24, 2.45) is 0 Å². The lowest BCUT2D eigenvalue weighted by atomic mass is 10.00. The molecule has 22 heavy (non-hydrogen) atoms. The second kappa shape index (κ2) is 8.26. The van der Waals surface area contributed by atoms with Gasteiger partial charge in [-0.2, -0.15) is 0 Å². The third kappa shape index (κ3) is 4.64. The molecule has 7 heteroatoms. The van der Waals surface area contributed by atoms with E-state index in [9.17, 15) is 24.6 Å². The minimum Gasteiger partial charge on any atom is -0.469 e. The number of carbonyl (C=O) groups is 3. The van der Waals surface area contributed by atoms with Crippen LogP contribution in [0.2, 0.25) is 0 Å². The molecule has 1 rings (SSSR count). The highest BCUT2D eigenvalue weighted by Gasteiger charge is 2.23. The number of hydrogen-bond donors (Lipinski definition) is 2. The first kappa shape index (κ1) is 17.8. The molecule has 120 valence electrons. The lowest BCUT2D eigenvalue weighted by Crippen LogP contribution is -2.23. The van der Waals surface area contributed by atoms with E-state index < -0.39 is 29.9 Å². The number of ether oxygens (including phenoxy) is 2. The van der Waals surface area contributed by atoms with Gasteiger partial charge in [0.1, 0.15) is 6.10 Å². The van der Waals surface area contributed by atoms with Gasteiger partial charge in [-0.05, 0) is 12.5 Å². The van der Waals surface area contributed by atoms with E-state index in [2.05, 4.69) is 9.47 Å². The van der Waals surface area contributed by atoms with Crippen molar-refractivity contribution in [3.05, 3.63) is 35.4 Å². The summed E-state index contributed by atoms with van der Waals surface area (Å²) in [6.07, 6.45) is -3.01. The van der Waals surface area contributed by atoms with Crippen molar-refractivity contribution < 1.29 is 34.1 Å². The van der Waals surface area contributed by atoms with E-state index >= 15 is 0 Å². The van der Waals surface area contributed by atoms with Gasteiger partial charge in [0.05, 0.1) is 26.2 Å². The molecule has 2 N–H and O–H groups in total. The van der Waals surface area contributed by atoms with Crippen molar-refractivity contribution in [1.29, 1.82) is 0 Å². The molecule has 0 aliphatic rings. The Morgan fingerprint density at radius 3 is 2.23 bits per heavy atom. The summed E-state index contributed by atoms with van der Waals surface area (Å²) >= 11 is 0. The minimum absolute atomic E-state index is 0.0983. The number of benzene rings is 1. The highest BCUT2D eigenvalue weighted by Crippen LogP contribution is 2.20. The molecule has 0 aromatic heterocycles. The monoisotopic (exact) mass is 310 g/mol. The molecule has 0 spiro atoms. The maximum Gasteiger partial charge on any atom is 0.379 e. The molecule has 0 radical (unpaired) electrons. The average Bonchev–Trinajstić information content (AvgIpc) is 2.53. The highest BCUT2D eigenvalue weighted by atomic mass is 16.5. The lowest BCUT2D eigenvalue weighted by Gasteiger charge is -2.17. The maximum absolute atomic E-state index is 11.7. The van der Waals surface area contributed by atoms with Crippen LogP contribution in [0, 0.1) is 0 Å². The molecule has 1 aromatic rings. The summed E-state index contributed by atoms with van der Waals surface area (Å²) in [7, 11) is 1.18. The number of hydrogen-bond acceptors (Lipinski definition) is 7. The smallest absolute Gasteiger partial charge is 0.379 e. The van der Waals surface area contributed by atoms with Crippen LogP contribution >= 0.6 is 0 Å². The molecular weight excluding hydrogens is 292 g/mol. The Kier molecular flexibility index (Phi) is 6.68. The highest BCUT2D eigenvalue weighted by molar-refractivity contribution is 6.40. The van der Waals surface area contributed by atoms with Crippen molar-refractivity contribution in [2.75, 3.05) is 13.7 Å². The zero-order valence-corrected chi connectivity index (χ0v) is 12.3. The topological polar surface area (TPSA) is 110 Å². The van der Waals surface area contributed by atoms with E-state index in [0.29, 0.717) is 5.56 Å². The van der Waals surface area contributed by atoms with Gasteiger partial charge in [-0.25, -0.2) is 4.79 Å². The van der Waals surface area contributed by atoms with Gasteiger partial charge < -0.3 is 19.7 Å². The van der Waals surface area contributed by atoms with Gasteiger partial charge in [-0.3, -0.25) is 9.59 Å². The molecule has 2 atom stereocenters. The lowest BCUT2D eigenvalue weighted by molar-refractivity contribution is -0.144. The van der Waals surface area contributed by atoms with Gasteiger partial charge in [-0.1, -0.05) is 24.3 Å². The summed E-state index contributed by atoms with van der Waals surface area (Å²) < 4.78 is 9.00. The maximum atomic E-state index is 11.7. The van der Waals surface area contributed by atoms with E-state index in [1.807, 2.05) is 0 Å². The molecule has 1 aromatic carbocycles. The fourth-order valence-corrected chi connectivity index (χ4v) is 1.73. The predicted molar refractivity (Wildman–Crippen MR) is 75.0 cm³/mol. The first-order valence-electron chi connectivity index (χ1n) is 6.65. The molecule has 0 fully saturated rings. The van der Waals surface area contributed by atoms with E-state index in [4.69, 9.17) is 0 Å². The standard InChI is InChI=1S/C15H18O7/c1-3-22-15(20)14(19)10-6-4-9(5-7-10)13(18)11(16)8-12(17)21-2/h4-7,11,13,16,18H,3,8H2,1-2H3. The molecule has 0 amide bonds. The second-order valence-corrected chi connectivity index (χ2v) is 4.46. The van der Waals surface area contributed by atoms with Gasteiger partial charge in [0.25, 0.3) is 5.78 Å². The SMILES string of the molecule is CCOC(=O)C(=O)c1ccc(C(O)C(O)CC(=O)OC)cc1. The first-order valence-corrected chi connectivity index (χ1v) is 6.65. The fraction of sp³-hybridized carbons (Fsp3) is 0.400. The molecule has 7 nitrogen and oxygen atoms in total. The quantitative estimate of drug-likeness (QED) is 0.426. The van der Waals surface area contributed by atoms with E-state index in [1.165, 1.54) is 31.4 Å². The van der Waals surface area contributed by atoms with Crippen LogP contribution < -0.4 is 0 Å². The van der Waals surface area contributed by atoms with Crippen LogP contribution in [0.25, 0.3) is 0 Å². The number of carbonyl (C=O) groups excluding carboxylic acids is 3. The number of ketones is 1. The Labute approximate surface area is 127 Å². The Morgan fingerprint density at radius 1 is 1.14 bits per heavy atom. The van der Waals surface area contributed by atoms with E-state index in [-0.39, 0.29) is 18.6 Å². The molecule has 0 bridgehead atoms. The van der Waals surface area contributed by atoms with Crippen LogP contribution in [0.1, 0.15) is 35.4 Å². The van der Waals surface area contributed by atoms with Gasteiger partial charge in [0, 0.05) is 5.56 Å². The van der Waals surface area contributed by atoms with Crippen LogP contribution in [0.3, 0.4) is 0 Å². The van der Waals surface area contributed by atoms with Crippen molar-refractivity contribution >= 4 is 17.7 Å².